The van der Waals surface area contributed by atoms with E-state index in [0.29, 0.717) is 18.8 Å². The van der Waals surface area contributed by atoms with Gasteiger partial charge in [0.2, 0.25) is 0 Å². The highest BCUT2D eigenvalue weighted by atomic mass is 79.9. The highest BCUT2D eigenvalue weighted by Gasteiger charge is 2.27. The Bertz CT molecular complexity index is 1880. The molecule has 3 heterocycles. The number of benzene rings is 3. The summed E-state index contributed by atoms with van der Waals surface area (Å²) in [6.07, 6.45) is 6.72. The smallest absolute Gasteiger partial charge is 0.408 e. The molecular formula is C35H37BrN6O2. The molecule has 3 aromatic carbocycles. The van der Waals surface area contributed by atoms with Gasteiger partial charge in [0.15, 0.2) is 5.82 Å². The van der Waals surface area contributed by atoms with Crippen LogP contribution in [-0.4, -0.2) is 36.4 Å². The molecule has 0 unspecified atom stereocenters. The Kier molecular flexibility index (Phi) is 8.57. The molecule has 6 aromatic rings. The van der Waals surface area contributed by atoms with Crippen molar-refractivity contribution in [2.75, 3.05) is 0 Å². The third-order valence-corrected chi connectivity index (χ3v) is 8.26. The molecule has 226 valence electrons. The average Bonchev–Trinajstić information content (AvgIpc) is 3.71. The summed E-state index contributed by atoms with van der Waals surface area (Å²) in [7, 11) is 0. The normalized spacial score (nSPS) is 12.5. The molecule has 8 nitrogen and oxygen atoms in total. The van der Waals surface area contributed by atoms with E-state index in [1.807, 2.05) is 57.3 Å². The first-order valence-electron chi connectivity index (χ1n) is 15.0. The molecule has 1 amide bonds. The summed E-state index contributed by atoms with van der Waals surface area (Å²) in [6, 6.07) is 24.4. The number of aromatic nitrogens is 5. The van der Waals surface area contributed by atoms with Crippen molar-refractivity contribution in [3.63, 3.8) is 0 Å². The Morgan fingerprint density at radius 1 is 0.886 bits per heavy atom. The van der Waals surface area contributed by atoms with Crippen molar-refractivity contribution >= 4 is 43.8 Å². The number of H-pyrrole nitrogens is 2. The van der Waals surface area contributed by atoms with Crippen molar-refractivity contribution in [1.82, 2.24) is 30.0 Å². The van der Waals surface area contributed by atoms with Crippen molar-refractivity contribution in [3.05, 3.63) is 118 Å². The zero-order valence-corrected chi connectivity index (χ0v) is 26.8. The summed E-state index contributed by atoms with van der Waals surface area (Å²) >= 11 is 3.55. The minimum Gasteiger partial charge on any atom is -0.444 e. The number of halogens is 1. The Labute approximate surface area is 265 Å². The van der Waals surface area contributed by atoms with Crippen LogP contribution >= 0.6 is 15.9 Å². The number of para-hydroxylation sites is 2. The molecule has 0 spiro atoms. The number of fused-ring (bicyclic) bond motifs is 2. The quantitative estimate of drug-likeness (QED) is 0.139. The number of alkyl carbamates (subject to hydrolysis) is 1. The molecule has 0 bridgehead atoms. The zero-order chi connectivity index (χ0) is 30.7. The largest absolute Gasteiger partial charge is 0.444 e. The lowest BCUT2D eigenvalue weighted by Crippen LogP contribution is -2.37. The number of carbonyl (C=O) groups is 1. The number of amides is 1. The Morgan fingerprint density at radius 2 is 1.52 bits per heavy atom. The third-order valence-electron chi connectivity index (χ3n) is 7.73. The first-order chi connectivity index (χ1) is 21.2. The van der Waals surface area contributed by atoms with Gasteiger partial charge in [0, 0.05) is 51.5 Å². The van der Waals surface area contributed by atoms with Crippen molar-refractivity contribution in [3.8, 4) is 0 Å². The van der Waals surface area contributed by atoms with E-state index in [1.165, 1.54) is 10.9 Å². The van der Waals surface area contributed by atoms with Crippen LogP contribution in [0, 0.1) is 0 Å². The minimum atomic E-state index is -0.631. The summed E-state index contributed by atoms with van der Waals surface area (Å²) in [4.78, 5) is 19.9. The maximum atomic E-state index is 13.2. The lowest BCUT2D eigenvalue weighted by Gasteiger charge is -2.24. The number of rotatable bonds is 10. The lowest BCUT2D eigenvalue weighted by atomic mass is 10.0. The molecule has 0 aliphatic heterocycles. The SMILES string of the molecule is CC(C)(C)OC(=O)N[C@H](Cc1c[nH]c2ccccc12)c1nnc(CCCc2c[nH]c3ccccc23)n1Cc1ccc(Br)cc1. The number of aromatic amines is 2. The molecule has 3 aromatic heterocycles. The van der Waals surface area contributed by atoms with Crippen LogP contribution in [0.25, 0.3) is 21.8 Å². The summed E-state index contributed by atoms with van der Waals surface area (Å²) in [5.41, 5.74) is 5.07. The molecule has 0 fully saturated rings. The van der Waals surface area contributed by atoms with Gasteiger partial charge in [0.25, 0.3) is 0 Å². The fourth-order valence-electron chi connectivity index (χ4n) is 5.69. The van der Waals surface area contributed by atoms with Gasteiger partial charge in [-0.05, 0) is 74.6 Å². The van der Waals surface area contributed by atoms with Gasteiger partial charge in [-0.15, -0.1) is 10.2 Å². The number of hydrogen-bond acceptors (Lipinski definition) is 4. The first-order valence-corrected chi connectivity index (χ1v) is 15.8. The Hall–Kier alpha value is -4.37. The first kappa shape index (κ1) is 29.7. The Balaban J connectivity index is 1.32. The number of aryl methyl sites for hydroxylation is 2. The number of carbonyl (C=O) groups excluding carboxylic acids is 1. The van der Waals surface area contributed by atoms with Gasteiger partial charge in [-0.1, -0.05) is 64.5 Å². The van der Waals surface area contributed by atoms with Crippen LogP contribution < -0.4 is 5.32 Å². The van der Waals surface area contributed by atoms with Gasteiger partial charge in [0.1, 0.15) is 11.4 Å². The van der Waals surface area contributed by atoms with Crippen LogP contribution in [0.5, 0.6) is 0 Å². The summed E-state index contributed by atoms with van der Waals surface area (Å²) in [5, 5.41) is 14.9. The van der Waals surface area contributed by atoms with E-state index in [9.17, 15) is 4.79 Å². The van der Waals surface area contributed by atoms with Crippen molar-refractivity contribution in [1.29, 1.82) is 0 Å². The van der Waals surface area contributed by atoms with Crippen LogP contribution in [-0.2, 0) is 30.5 Å². The predicted molar refractivity (Wildman–Crippen MR) is 178 cm³/mol. The van der Waals surface area contributed by atoms with Crippen LogP contribution in [0.2, 0.25) is 0 Å². The topological polar surface area (TPSA) is 101 Å². The highest BCUT2D eigenvalue weighted by Crippen LogP contribution is 2.27. The number of nitrogens with zero attached hydrogens (tertiary/aromatic N) is 3. The van der Waals surface area contributed by atoms with Crippen LogP contribution in [0.1, 0.15) is 61.6 Å². The zero-order valence-electron chi connectivity index (χ0n) is 25.2. The van der Waals surface area contributed by atoms with E-state index < -0.39 is 17.7 Å². The molecule has 3 N–H and O–H groups in total. The van der Waals surface area contributed by atoms with Gasteiger partial charge >= 0.3 is 6.09 Å². The molecule has 44 heavy (non-hydrogen) atoms. The van der Waals surface area contributed by atoms with Crippen molar-refractivity contribution in [2.45, 2.75) is 64.6 Å². The third kappa shape index (κ3) is 6.89. The molecule has 0 saturated heterocycles. The second kappa shape index (κ2) is 12.7. The number of nitrogens with one attached hydrogen (secondary N) is 3. The van der Waals surface area contributed by atoms with Crippen LogP contribution in [0.3, 0.4) is 0 Å². The van der Waals surface area contributed by atoms with E-state index in [4.69, 9.17) is 14.9 Å². The molecule has 6 rings (SSSR count). The molecule has 0 aliphatic rings. The van der Waals surface area contributed by atoms with Gasteiger partial charge in [-0.25, -0.2) is 4.79 Å². The van der Waals surface area contributed by atoms with Crippen molar-refractivity contribution < 1.29 is 9.53 Å². The summed E-state index contributed by atoms with van der Waals surface area (Å²) in [6.45, 7) is 6.17. The van der Waals surface area contributed by atoms with Gasteiger partial charge in [-0.3, -0.25) is 0 Å². The number of hydrogen-bond donors (Lipinski definition) is 3. The fraction of sp³-hybridized carbons (Fsp3) is 0.286. The fourth-order valence-corrected chi connectivity index (χ4v) is 5.95. The maximum Gasteiger partial charge on any atom is 0.408 e. The average molecular weight is 654 g/mol. The van der Waals surface area contributed by atoms with Crippen molar-refractivity contribution in [2.24, 2.45) is 0 Å². The van der Waals surface area contributed by atoms with E-state index in [2.05, 4.69) is 84.4 Å². The second-order valence-electron chi connectivity index (χ2n) is 12.2. The second-order valence-corrected chi connectivity index (χ2v) is 13.1. The molecule has 0 radical (unpaired) electrons. The van der Waals surface area contributed by atoms with E-state index in [-0.39, 0.29) is 0 Å². The Morgan fingerprint density at radius 3 is 2.20 bits per heavy atom. The molecule has 0 aliphatic carbocycles. The number of ether oxygens (including phenoxy) is 1. The molecule has 1 atom stereocenters. The predicted octanol–water partition coefficient (Wildman–Crippen LogP) is 8.04. The highest BCUT2D eigenvalue weighted by molar-refractivity contribution is 9.10. The van der Waals surface area contributed by atoms with Crippen LogP contribution in [0.15, 0.2) is 89.7 Å². The van der Waals surface area contributed by atoms with Gasteiger partial charge in [0.05, 0.1) is 12.6 Å². The van der Waals surface area contributed by atoms with E-state index >= 15 is 0 Å². The van der Waals surface area contributed by atoms with E-state index in [0.717, 1.165) is 57.1 Å². The van der Waals surface area contributed by atoms with Gasteiger partial charge in [-0.2, -0.15) is 0 Å². The lowest BCUT2D eigenvalue weighted by molar-refractivity contribution is 0.0500. The van der Waals surface area contributed by atoms with Crippen LogP contribution in [0.4, 0.5) is 4.79 Å². The van der Waals surface area contributed by atoms with E-state index in [1.54, 1.807) is 0 Å². The summed E-state index contributed by atoms with van der Waals surface area (Å²) < 4.78 is 8.88. The maximum absolute atomic E-state index is 13.2. The minimum absolute atomic E-state index is 0.464. The standard InChI is InChI=1S/C35H37BrN6O2/c1-35(2,3)44-34(43)39-31(19-25-21-38-30-13-7-5-11-28(25)30)33-41-40-32(42(33)22-23-15-17-26(36)18-16-23)14-8-9-24-20-37-29-12-6-4-10-27(24)29/h4-7,10-13,15-18,20-21,31,37-38H,8-9,14,19,22H2,1-3H3,(H,39,43)/t31-/m1/s1. The van der Waals surface area contributed by atoms with Gasteiger partial charge < -0.3 is 24.6 Å². The molecule has 9 heteroatoms. The molecular weight excluding hydrogens is 616 g/mol. The monoisotopic (exact) mass is 652 g/mol. The molecule has 0 saturated carbocycles. The summed E-state index contributed by atoms with van der Waals surface area (Å²) in [5.74, 6) is 1.59.